The van der Waals surface area contributed by atoms with E-state index in [9.17, 15) is 17.8 Å². The van der Waals surface area contributed by atoms with Gasteiger partial charge in [0.25, 0.3) is 0 Å². The first-order chi connectivity index (χ1) is 7.00. The molecule has 0 fully saturated rings. The van der Waals surface area contributed by atoms with Crippen LogP contribution < -0.4 is 5.32 Å². The average molecular weight is 228 g/mol. The van der Waals surface area contributed by atoms with Crippen LogP contribution in [-0.4, -0.2) is 24.8 Å². The fraction of sp³-hybridized carbons (Fsp3) is 0.222. The molecular formula is C9H10NO4S-. The van der Waals surface area contributed by atoms with E-state index in [4.69, 9.17) is 0 Å². The zero-order valence-electron chi connectivity index (χ0n) is 7.84. The van der Waals surface area contributed by atoms with Crippen molar-refractivity contribution in [3.63, 3.8) is 0 Å². The van der Waals surface area contributed by atoms with Crippen molar-refractivity contribution in [1.29, 1.82) is 0 Å². The van der Waals surface area contributed by atoms with Crippen LogP contribution in [-0.2, 0) is 16.5 Å². The van der Waals surface area contributed by atoms with Gasteiger partial charge in [0.1, 0.15) is 0 Å². The van der Waals surface area contributed by atoms with Crippen LogP contribution in [0.1, 0.15) is 5.56 Å². The number of benzene rings is 1. The molecule has 1 aromatic rings. The quantitative estimate of drug-likeness (QED) is 0.762. The van der Waals surface area contributed by atoms with E-state index in [1.807, 2.05) is 35.6 Å². The minimum Gasteiger partial charge on any atom is -0.740 e. The van der Waals surface area contributed by atoms with Crippen molar-refractivity contribution in [2.24, 2.45) is 0 Å². The number of carbonyl (C=O) groups is 1. The van der Waals surface area contributed by atoms with Crippen molar-refractivity contribution >= 4 is 15.4 Å². The smallest absolute Gasteiger partial charge is 0.324 e. The van der Waals surface area contributed by atoms with Crippen molar-refractivity contribution in [2.75, 3.05) is 6.54 Å². The highest BCUT2D eigenvalue weighted by Gasteiger charge is 2.07. The molecular weight excluding hydrogens is 218 g/mol. The van der Waals surface area contributed by atoms with Crippen LogP contribution in [0.15, 0.2) is 30.3 Å². The Kier molecular flexibility index (Phi) is 3.81. The average Bonchev–Trinajstić information content (AvgIpc) is 2.18. The summed E-state index contributed by atoms with van der Waals surface area (Å²) in [6.45, 7) is 0.129. The van der Waals surface area contributed by atoms with Crippen molar-refractivity contribution in [3.05, 3.63) is 35.9 Å². The fourth-order valence-corrected chi connectivity index (χ4v) is 1.32. The molecule has 0 atom stereocenters. The second-order valence-electron chi connectivity index (χ2n) is 2.90. The van der Waals surface area contributed by atoms with Crippen LogP contribution in [0.25, 0.3) is 0 Å². The number of nitrogens with one attached hydrogen (secondary N) is 1. The highest BCUT2D eigenvalue weighted by atomic mass is 32.2. The van der Waals surface area contributed by atoms with Gasteiger partial charge in [-0.15, -0.1) is 0 Å². The molecule has 0 aromatic heterocycles. The lowest BCUT2D eigenvalue weighted by Crippen LogP contribution is -2.30. The van der Waals surface area contributed by atoms with Gasteiger partial charge < -0.3 is 9.87 Å². The molecule has 15 heavy (non-hydrogen) atoms. The second kappa shape index (κ2) is 4.90. The Morgan fingerprint density at radius 2 is 1.87 bits per heavy atom. The molecule has 0 bridgehead atoms. The highest BCUT2D eigenvalue weighted by Crippen LogP contribution is 1.98. The Morgan fingerprint density at radius 3 is 2.40 bits per heavy atom. The van der Waals surface area contributed by atoms with Gasteiger partial charge in [0, 0.05) is 6.54 Å². The van der Waals surface area contributed by atoms with Crippen LogP contribution in [0, 0.1) is 0 Å². The van der Waals surface area contributed by atoms with E-state index in [1.165, 1.54) is 0 Å². The van der Waals surface area contributed by atoms with Gasteiger partial charge in [-0.2, -0.15) is 0 Å². The van der Waals surface area contributed by atoms with Gasteiger partial charge in [0.2, 0.25) is 0 Å². The number of amides is 1. The molecule has 0 saturated carbocycles. The lowest BCUT2D eigenvalue weighted by atomic mass is 10.2. The maximum Gasteiger partial charge on any atom is 0.324 e. The van der Waals surface area contributed by atoms with Crippen LogP contribution in [0.3, 0.4) is 0 Å². The predicted molar refractivity (Wildman–Crippen MR) is 53.2 cm³/mol. The van der Waals surface area contributed by atoms with Crippen LogP contribution >= 0.6 is 0 Å². The van der Waals surface area contributed by atoms with E-state index in [-0.39, 0.29) is 6.54 Å². The summed E-state index contributed by atoms with van der Waals surface area (Å²) in [7, 11) is -4.86. The molecule has 0 spiro atoms. The molecule has 0 radical (unpaired) electrons. The molecule has 0 saturated heterocycles. The van der Waals surface area contributed by atoms with Crippen molar-refractivity contribution in [2.45, 2.75) is 6.42 Å². The molecule has 6 heteroatoms. The standard InChI is InChI=1S/C9H11NO4S/c11-9(15(12,13)14)10-7-6-8-4-2-1-3-5-8/h1-5H,6-7H2,(H,10,11)(H,12,13,14)/p-1. The molecule has 82 valence electrons. The Hall–Kier alpha value is -1.40. The Balaban J connectivity index is 2.38. The summed E-state index contributed by atoms with van der Waals surface area (Å²) in [5.41, 5.74) is 0.959. The predicted octanol–water partition coefficient (Wildman–Crippen LogP) is 0.484. The molecule has 0 unspecified atom stereocenters. The minimum atomic E-state index is -4.86. The SMILES string of the molecule is O=C(NCCc1ccccc1)S(=O)(=O)[O-]. The zero-order valence-corrected chi connectivity index (χ0v) is 8.66. The molecule has 0 aliphatic heterocycles. The summed E-state index contributed by atoms with van der Waals surface area (Å²) in [4.78, 5) is 10.6. The summed E-state index contributed by atoms with van der Waals surface area (Å²) < 4.78 is 30.6. The van der Waals surface area contributed by atoms with Gasteiger partial charge in [-0.25, -0.2) is 8.42 Å². The number of carbonyl (C=O) groups excluding carboxylic acids is 1. The van der Waals surface area contributed by atoms with Gasteiger partial charge in [-0.3, -0.25) is 4.79 Å². The maximum atomic E-state index is 10.6. The van der Waals surface area contributed by atoms with E-state index in [1.54, 1.807) is 0 Å². The molecule has 0 heterocycles. The summed E-state index contributed by atoms with van der Waals surface area (Å²) in [6.07, 6.45) is 0.488. The lowest BCUT2D eigenvalue weighted by molar-refractivity contribution is 0.255. The van der Waals surface area contributed by atoms with E-state index < -0.39 is 15.4 Å². The number of hydrogen-bond donors (Lipinski definition) is 1. The first-order valence-electron chi connectivity index (χ1n) is 4.28. The summed E-state index contributed by atoms with van der Waals surface area (Å²) >= 11 is 0. The number of rotatable bonds is 3. The first-order valence-corrected chi connectivity index (χ1v) is 5.68. The summed E-state index contributed by atoms with van der Waals surface area (Å²) in [6, 6.07) is 9.21. The zero-order chi connectivity index (χ0) is 11.3. The molecule has 5 nitrogen and oxygen atoms in total. The lowest BCUT2D eigenvalue weighted by Gasteiger charge is -2.07. The van der Waals surface area contributed by atoms with Gasteiger partial charge in [0.15, 0.2) is 10.1 Å². The van der Waals surface area contributed by atoms with Crippen LogP contribution in [0.4, 0.5) is 4.79 Å². The van der Waals surface area contributed by atoms with Crippen molar-refractivity contribution < 1.29 is 17.8 Å². The first kappa shape index (κ1) is 11.7. The van der Waals surface area contributed by atoms with Gasteiger partial charge >= 0.3 is 5.24 Å². The molecule has 1 N–H and O–H groups in total. The topological polar surface area (TPSA) is 86.3 Å². The van der Waals surface area contributed by atoms with Crippen LogP contribution in [0.2, 0.25) is 0 Å². The van der Waals surface area contributed by atoms with E-state index >= 15 is 0 Å². The summed E-state index contributed by atoms with van der Waals surface area (Å²) in [5, 5.41) is 0.558. The third-order valence-electron chi connectivity index (χ3n) is 1.75. The Morgan fingerprint density at radius 1 is 1.27 bits per heavy atom. The Labute approximate surface area is 87.9 Å². The minimum absolute atomic E-state index is 0.129. The third kappa shape index (κ3) is 4.09. The third-order valence-corrected chi connectivity index (χ3v) is 2.35. The molecule has 0 aliphatic carbocycles. The van der Waals surface area contributed by atoms with Gasteiger partial charge in [-0.05, 0) is 12.0 Å². The van der Waals surface area contributed by atoms with Gasteiger partial charge in [0.05, 0.1) is 0 Å². The van der Waals surface area contributed by atoms with E-state index in [0.29, 0.717) is 6.42 Å². The normalized spacial score (nSPS) is 11.0. The van der Waals surface area contributed by atoms with Crippen molar-refractivity contribution in [1.82, 2.24) is 5.32 Å². The molecule has 0 aliphatic rings. The fourth-order valence-electron chi connectivity index (χ4n) is 1.04. The summed E-state index contributed by atoms with van der Waals surface area (Å²) in [5.74, 6) is 0. The largest absolute Gasteiger partial charge is 0.740 e. The highest BCUT2D eigenvalue weighted by molar-refractivity contribution is 8.01. The number of hydrogen-bond acceptors (Lipinski definition) is 4. The molecule has 1 amide bonds. The van der Waals surface area contributed by atoms with E-state index in [2.05, 4.69) is 0 Å². The van der Waals surface area contributed by atoms with Crippen LogP contribution in [0.5, 0.6) is 0 Å². The molecule has 1 aromatic carbocycles. The van der Waals surface area contributed by atoms with Gasteiger partial charge in [-0.1, -0.05) is 30.3 Å². The Bertz CT molecular complexity index is 427. The van der Waals surface area contributed by atoms with Crippen molar-refractivity contribution in [3.8, 4) is 0 Å². The maximum absolute atomic E-state index is 10.6. The second-order valence-corrected chi connectivity index (χ2v) is 4.18. The molecule has 1 rings (SSSR count). The monoisotopic (exact) mass is 228 g/mol. The van der Waals surface area contributed by atoms with E-state index in [0.717, 1.165) is 5.56 Å².